The molecule has 2 unspecified atom stereocenters. The summed E-state index contributed by atoms with van der Waals surface area (Å²) in [6.45, 7) is -1.74. The topological polar surface area (TPSA) is 67.8 Å². The zero-order valence-corrected chi connectivity index (χ0v) is 14.7. The number of rotatable bonds is 10. The maximum Gasteiger partial charge on any atom is 0.387 e. The molecule has 2 atom stereocenters. The number of halogens is 4. The number of nitrogens with one attached hydrogen (secondary N) is 1. The fraction of sp³-hybridized carbons (Fsp3) is 0.588. The van der Waals surface area contributed by atoms with Gasteiger partial charge in [-0.3, -0.25) is 4.79 Å². The van der Waals surface area contributed by atoms with Crippen molar-refractivity contribution in [3.05, 3.63) is 29.8 Å². The van der Waals surface area contributed by atoms with Crippen molar-refractivity contribution in [3.8, 4) is 5.75 Å². The monoisotopic (exact) mass is 381 g/mol. The fourth-order valence-corrected chi connectivity index (χ4v) is 2.07. The lowest BCUT2D eigenvalue weighted by molar-refractivity contribution is -0.141. The molecule has 9 heteroatoms. The number of hydrogen-bond donors (Lipinski definition) is 2. The van der Waals surface area contributed by atoms with Gasteiger partial charge in [0.2, 0.25) is 5.91 Å². The van der Waals surface area contributed by atoms with Crippen molar-refractivity contribution >= 4 is 5.91 Å². The summed E-state index contributed by atoms with van der Waals surface area (Å²) < 4.78 is 58.0. The Morgan fingerprint density at radius 2 is 1.88 bits per heavy atom. The van der Waals surface area contributed by atoms with Gasteiger partial charge >= 0.3 is 13.2 Å². The van der Waals surface area contributed by atoms with E-state index < -0.39 is 37.4 Å². The molecular weight excluding hydrogens is 358 g/mol. The Morgan fingerprint density at radius 3 is 2.42 bits per heavy atom. The Hall–Kier alpha value is -1.87. The van der Waals surface area contributed by atoms with Crippen molar-refractivity contribution in [2.45, 2.75) is 52.1 Å². The average molecular weight is 381 g/mol. The normalized spacial score (nSPS) is 15.2. The van der Waals surface area contributed by atoms with Crippen LogP contribution in [0.5, 0.6) is 5.75 Å². The second kappa shape index (κ2) is 9.72. The smallest absolute Gasteiger partial charge is 0.387 e. The summed E-state index contributed by atoms with van der Waals surface area (Å²) in [5, 5.41) is 12.7. The number of amides is 1. The molecule has 0 saturated heterocycles. The third-order valence-electron chi connectivity index (χ3n) is 3.97. The molecule has 0 spiro atoms. The van der Waals surface area contributed by atoms with Gasteiger partial charge in [0.15, 0.2) is 0 Å². The van der Waals surface area contributed by atoms with E-state index >= 15 is 0 Å². The molecule has 26 heavy (non-hydrogen) atoms. The highest BCUT2D eigenvalue weighted by atomic mass is 19.3. The highest BCUT2D eigenvalue weighted by Gasteiger charge is 2.29. The number of ether oxygens (including phenoxy) is 2. The van der Waals surface area contributed by atoms with E-state index in [2.05, 4.69) is 14.8 Å². The van der Waals surface area contributed by atoms with Crippen LogP contribution in [0.15, 0.2) is 24.3 Å². The van der Waals surface area contributed by atoms with Crippen LogP contribution in [0.4, 0.5) is 17.6 Å². The largest absolute Gasteiger partial charge is 0.435 e. The molecule has 0 aliphatic heterocycles. The van der Waals surface area contributed by atoms with Gasteiger partial charge in [0.1, 0.15) is 5.75 Å². The first-order chi connectivity index (χ1) is 12.0. The standard InChI is InChI=1S/C17H23F4NO4/c1-10(2)17(3,24)8-14(23)22-13(9-25-15(18)19)11-5-4-6-12(7-11)26-16(20)21/h4-7,10,13,15-16,24H,8-9H2,1-3H3,(H,22,23). The first kappa shape index (κ1) is 22.2. The number of carbonyl (C=O) groups excluding carboxylic acids is 1. The van der Waals surface area contributed by atoms with Crippen LogP contribution in [0.2, 0.25) is 0 Å². The van der Waals surface area contributed by atoms with Gasteiger partial charge in [-0.15, -0.1) is 0 Å². The molecule has 0 aliphatic rings. The summed E-state index contributed by atoms with van der Waals surface area (Å²) in [7, 11) is 0. The predicted octanol–water partition coefficient (Wildman–Crippen LogP) is 3.48. The van der Waals surface area contributed by atoms with Gasteiger partial charge in [0.25, 0.3) is 0 Å². The molecule has 0 aliphatic carbocycles. The van der Waals surface area contributed by atoms with Gasteiger partial charge in [0, 0.05) is 0 Å². The fourth-order valence-electron chi connectivity index (χ4n) is 2.07. The molecule has 0 aromatic heterocycles. The lowest BCUT2D eigenvalue weighted by Gasteiger charge is -2.28. The second-order valence-corrected chi connectivity index (χ2v) is 6.35. The van der Waals surface area contributed by atoms with E-state index in [0.717, 1.165) is 0 Å². The molecule has 1 aromatic carbocycles. The Balaban J connectivity index is 2.93. The Bertz CT molecular complexity index is 582. The third kappa shape index (κ3) is 7.57. The van der Waals surface area contributed by atoms with E-state index in [4.69, 9.17) is 0 Å². The van der Waals surface area contributed by atoms with E-state index in [1.165, 1.54) is 31.2 Å². The molecule has 0 bridgehead atoms. The molecule has 2 N–H and O–H groups in total. The summed E-state index contributed by atoms with van der Waals surface area (Å²) >= 11 is 0. The number of aliphatic hydroxyl groups is 1. The molecule has 0 heterocycles. The molecule has 0 radical (unpaired) electrons. The SMILES string of the molecule is CC(C)C(C)(O)CC(=O)NC(COC(F)F)c1cccc(OC(F)F)c1. The maximum absolute atomic E-state index is 12.4. The molecule has 1 aromatic rings. The number of alkyl halides is 4. The van der Waals surface area contributed by atoms with Crippen molar-refractivity contribution < 1.29 is 36.9 Å². The highest BCUT2D eigenvalue weighted by Crippen LogP contribution is 2.24. The summed E-state index contributed by atoms with van der Waals surface area (Å²) in [4.78, 5) is 12.2. The maximum atomic E-state index is 12.4. The van der Waals surface area contributed by atoms with Crippen LogP contribution in [-0.4, -0.2) is 36.4 Å². The zero-order valence-electron chi connectivity index (χ0n) is 14.7. The van der Waals surface area contributed by atoms with Crippen LogP contribution < -0.4 is 10.1 Å². The molecule has 148 valence electrons. The molecule has 5 nitrogen and oxygen atoms in total. The Morgan fingerprint density at radius 1 is 1.23 bits per heavy atom. The second-order valence-electron chi connectivity index (χ2n) is 6.35. The average Bonchev–Trinajstić information content (AvgIpc) is 2.50. The van der Waals surface area contributed by atoms with Crippen molar-refractivity contribution in [1.29, 1.82) is 0 Å². The molecule has 0 fully saturated rings. The quantitative estimate of drug-likeness (QED) is 0.609. The Labute approximate surface area is 149 Å². The lowest BCUT2D eigenvalue weighted by Crippen LogP contribution is -2.40. The van der Waals surface area contributed by atoms with Crippen molar-refractivity contribution in [1.82, 2.24) is 5.32 Å². The van der Waals surface area contributed by atoms with Gasteiger partial charge < -0.3 is 19.9 Å². The van der Waals surface area contributed by atoms with Crippen molar-refractivity contribution in [2.75, 3.05) is 6.61 Å². The van der Waals surface area contributed by atoms with Crippen LogP contribution in [0.1, 0.15) is 38.8 Å². The van der Waals surface area contributed by atoms with Crippen LogP contribution >= 0.6 is 0 Å². The van der Waals surface area contributed by atoms with E-state index in [1.54, 1.807) is 13.8 Å². The number of benzene rings is 1. The van der Waals surface area contributed by atoms with Gasteiger partial charge in [-0.1, -0.05) is 26.0 Å². The summed E-state index contributed by atoms with van der Waals surface area (Å²) in [6.07, 6.45) is -0.261. The minimum absolute atomic E-state index is 0.178. The van der Waals surface area contributed by atoms with Gasteiger partial charge in [-0.25, -0.2) is 0 Å². The first-order valence-electron chi connectivity index (χ1n) is 7.97. The molecular formula is C17H23F4NO4. The number of carbonyl (C=O) groups is 1. The minimum atomic E-state index is -3.06. The summed E-state index contributed by atoms with van der Waals surface area (Å²) in [6, 6.07) is 4.29. The summed E-state index contributed by atoms with van der Waals surface area (Å²) in [5.41, 5.74) is -1.04. The minimum Gasteiger partial charge on any atom is -0.435 e. The van der Waals surface area contributed by atoms with Gasteiger partial charge in [-0.05, 0) is 30.5 Å². The van der Waals surface area contributed by atoms with Gasteiger partial charge in [-0.2, -0.15) is 17.6 Å². The van der Waals surface area contributed by atoms with Crippen LogP contribution in [0, 0.1) is 5.92 Å². The Kier molecular flexibility index (Phi) is 8.29. The summed E-state index contributed by atoms with van der Waals surface area (Å²) in [5.74, 6) is -0.985. The zero-order chi connectivity index (χ0) is 19.9. The first-order valence-corrected chi connectivity index (χ1v) is 7.97. The predicted molar refractivity (Wildman–Crippen MR) is 86.0 cm³/mol. The van der Waals surface area contributed by atoms with E-state index in [-0.39, 0.29) is 23.7 Å². The van der Waals surface area contributed by atoms with Crippen LogP contribution in [0.25, 0.3) is 0 Å². The van der Waals surface area contributed by atoms with Crippen molar-refractivity contribution in [2.24, 2.45) is 5.92 Å². The van der Waals surface area contributed by atoms with E-state index in [9.17, 15) is 27.5 Å². The molecule has 1 amide bonds. The van der Waals surface area contributed by atoms with Crippen LogP contribution in [0.3, 0.4) is 0 Å². The highest BCUT2D eigenvalue weighted by molar-refractivity contribution is 5.77. The van der Waals surface area contributed by atoms with Gasteiger partial charge in [0.05, 0.1) is 24.7 Å². The van der Waals surface area contributed by atoms with Crippen LogP contribution in [-0.2, 0) is 9.53 Å². The molecule has 0 saturated carbocycles. The number of hydrogen-bond acceptors (Lipinski definition) is 4. The third-order valence-corrected chi connectivity index (χ3v) is 3.97. The lowest BCUT2D eigenvalue weighted by atomic mass is 9.89. The van der Waals surface area contributed by atoms with E-state index in [0.29, 0.717) is 0 Å². The molecule has 1 rings (SSSR count). The van der Waals surface area contributed by atoms with E-state index in [1.807, 2.05) is 0 Å². The van der Waals surface area contributed by atoms with Crippen molar-refractivity contribution in [3.63, 3.8) is 0 Å².